The second-order valence-electron chi connectivity index (χ2n) is 4.92. The minimum atomic E-state index is -1.08. The normalized spacial score (nSPS) is 11.7. The molecule has 0 fully saturated rings. The van der Waals surface area contributed by atoms with Gasteiger partial charge in [0.1, 0.15) is 0 Å². The largest absolute Gasteiger partial charge is 0.479 e. The zero-order valence-electron chi connectivity index (χ0n) is 12.0. The van der Waals surface area contributed by atoms with Crippen LogP contribution < -0.4 is 5.32 Å². The molecule has 0 heterocycles. The van der Waals surface area contributed by atoms with Gasteiger partial charge in [-0.3, -0.25) is 4.79 Å². The molecule has 2 rings (SSSR count). The maximum Gasteiger partial charge on any atom is 0.330 e. The van der Waals surface area contributed by atoms with Gasteiger partial charge in [-0.05, 0) is 30.5 Å². The quantitative estimate of drug-likeness (QED) is 0.906. The molecule has 2 aromatic rings. The number of aryl methyl sites for hydroxylation is 2. The van der Waals surface area contributed by atoms with Crippen LogP contribution >= 0.6 is 0 Å². The number of carboxylic acids is 1. The van der Waals surface area contributed by atoms with E-state index in [2.05, 4.69) is 5.32 Å². The van der Waals surface area contributed by atoms with Crippen molar-refractivity contribution >= 4 is 11.9 Å². The summed E-state index contributed by atoms with van der Waals surface area (Å²) in [5, 5.41) is 11.9. The van der Waals surface area contributed by atoms with Crippen LogP contribution in [0, 0.1) is 13.8 Å². The molecule has 4 heteroatoms. The van der Waals surface area contributed by atoms with Crippen LogP contribution in [-0.4, -0.2) is 17.0 Å². The lowest BCUT2D eigenvalue weighted by Gasteiger charge is -2.17. The van der Waals surface area contributed by atoms with Gasteiger partial charge in [-0.2, -0.15) is 0 Å². The lowest BCUT2D eigenvalue weighted by Crippen LogP contribution is -2.34. The van der Waals surface area contributed by atoms with E-state index in [1.165, 1.54) is 0 Å². The third-order valence-electron chi connectivity index (χ3n) is 3.36. The Kier molecular flexibility index (Phi) is 4.38. The van der Waals surface area contributed by atoms with E-state index in [-0.39, 0.29) is 5.91 Å². The molecule has 0 radical (unpaired) electrons. The number of carboxylic acid groups (broad SMARTS) is 1. The number of amides is 1. The molecule has 1 unspecified atom stereocenters. The molecule has 0 saturated heterocycles. The van der Waals surface area contributed by atoms with Gasteiger partial charge in [-0.25, -0.2) is 4.79 Å². The predicted molar refractivity (Wildman–Crippen MR) is 80.2 cm³/mol. The minimum absolute atomic E-state index is 0.373. The van der Waals surface area contributed by atoms with Gasteiger partial charge < -0.3 is 10.4 Å². The highest BCUT2D eigenvalue weighted by atomic mass is 16.4. The number of hydrogen-bond donors (Lipinski definition) is 2. The predicted octanol–water partition coefficient (Wildman–Crippen LogP) is 2.86. The molecule has 2 aromatic carbocycles. The molecule has 2 N–H and O–H groups in total. The Labute approximate surface area is 123 Å². The first-order valence-electron chi connectivity index (χ1n) is 6.65. The number of carbonyl (C=O) groups excluding carboxylic acids is 1. The van der Waals surface area contributed by atoms with Crippen LogP contribution in [-0.2, 0) is 4.79 Å². The minimum Gasteiger partial charge on any atom is -0.479 e. The second kappa shape index (κ2) is 6.22. The highest BCUT2D eigenvalue weighted by molar-refractivity contribution is 5.99. The van der Waals surface area contributed by atoms with Crippen LogP contribution in [0.3, 0.4) is 0 Å². The van der Waals surface area contributed by atoms with Crippen LogP contribution in [0.25, 0.3) is 0 Å². The van der Waals surface area contributed by atoms with Crippen LogP contribution in [0.2, 0.25) is 0 Å². The van der Waals surface area contributed by atoms with E-state index in [1.807, 2.05) is 32.0 Å². The molecule has 0 aliphatic rings. The average Bonchev–Trinajstić information content (AvgIpc) is 2.45. The Morgan fingerprint density at radius 3 is 2.05 bits per heavy atom. The van der Waals surface area contributed by atoms with Gasteiger partial charge in [-0.15, -0.1) is 0 Å². The summed E-state index contributed by atoms with van der Waals surface area (Å²) >= 11 is 0. The molecule has 4 nitrogen and oxygen atoms in total. The summed E-state index contributed by atoms with van der Waals surface area (Å²) in [4.78, 5) is 23.8. The van der Waals surface area contributed by atoms with Crippen molar-refractivity contribution in [2.75, 3.05) is 0 Å². The van der Waals surface area contributed by atoms with Crippen LogP contribution in [0.1, 0.15) is 33.1 Å². The molecule has 0 spiro atoms. The van der Waals surface area contributed by atoms with Crippen molar-refractivity contribution < 1.29 is 14.7 Å². The fourth-order valence-electron chi connectivity index (χ4n) is 2.31. The summed E-state index contributed by atoms with van der Waals surface area (Å²) in [6.07, 6.45) is 0. The number of aliphatic carboxylic acids is 1. The number of hydrogen-bond acceptors (Lipinski definition) is 2. The standard InChI is InChI=1S/C17H17NO3/c1-11-7-6-8-12(2)14(11)16(19)18-15(17(20)21)13-9-4-3-5-10-13/h3-10,15H,1-2H3,(H,18,19)(H,20,21). The SMILES string of the molecule is Cc1cccc(C)c1C(=O)NC(C(=O)O)c1ccccc1. The molecule has 0 aliphatic carbocycles. The third kappa shape index (κ3) is 3.28. The van der Waals surface area contributed by atoms with E-state index in [0.29, 0.717) is 11.1 Å². The van der Waals surface area contributed by atoms with Crippen LogP contribution in [0.4, 0.5) is 0 Å². The number of benzene rings is 2. The molecule has 108 valence electrons. The maximum absolute atomic E-state index is 12.4. The Balaban J connectivity index is 2.30. The lowest BCUT2D eigenvalue weighted by molar-refractivity contribution is -0.139. The van der Waals surface area contributed by atoms with E-state index in [1.54, 1.807) is 30.3 Å². The summed E-state index contributed by atoms with van der Waals surface area (Å²) in [6, 6.07) is 13.1. The summed E-state index contributed by atoms with van der Waals surface area (Å²) in [7, 11) is 0. The van der Waals surface area contributed by atoms with Crippen molar-refractivity contribution in [2.24, 2.45) is 0 Å². The van der Waals surface area contributed by atoms with Gasteiger partial charge >= 0.3 is 5.97 Å². The first kappa shape index (κ1) is 14.8. The van der Waals surface area contributed by atoms with Crippen molar-refractivity contribution in [1.29, 1.82) is 0 Å². The molecular formula is C17H17NO3. The number of nitrogens with one attached hydrogen (secondary N) is 1. The van der Waals surface area contributed by atoms with Crippen molar-refractivity contribution in [3.05, 3.63) is 70.8 Å². The Hall–Kier alpha value is -2.62. The molecule has 1 atom stereocenters. The highest BCUT2D eigenvalue weighted by Crippen LogP contribution is 2.17. The van der Waals surface area contributed by atoms with E-state index >= 15 is 0 Å². The first-order chi connectivity index (χ1) is 10.0. The van der Waals surface area contributed by atoms with Crippen molar-refractivity contribution in [3.8, 4) is 0 Å². The smallest absolute Gasteiger partial charge is 0.330 e. The van der Waals surface area contributed by atoms with Crippen LogP contribution in [0.15, 0.2) is 48.5 Å². The Bertz CT molecular complexity index is 645. The highest BCUT2D eigenvalue weighted by Gasteiger charge is 2.23. The van der Waals surface area contributed by atoms with E-state index in [0.717, 1.165) is 11.1 Å². The summed E-state index contributed by atoms with van der Waals surface area (Å²) in [6.45, 7) is 3.67. The molecule has 21 heavy (non-hydrogen) atoms. The average molecular weight is 283 g/mol. The van der Waals surface area contributed by atoms with E-state index in [4.69, 9.17) is 0 Å². The Morgan fingerprint density at radius 2 is 1.52 bits per heavy atom. The molecular weight excluding hydrogens is 266 g/mol. The summed E-state index contributed by atoms with van der Waals surface area (Å²) in [5.41, 5.74) is 2.72. The molecule has 0 saturated carbocycles. The van der Waals surface area contributed by atoms with Crippen LogP contribution in [0.5, 0.6) is 0 Å². The fraction of sp³-hybridized carbons (Fsp3) is 0.176. The topological polar surface area (TPSA) is 66.4 Å². The number of carbonyl (C=O) groups is 2. The first-order valence-corrected chi connectivity index (χ1v) is 6.65. The Morgan fingerprint density at radius 1 is 0.952 bits per heavy atom. The van der Waals surface area contributed by atoms with Gasteiger partial charge in [0.2, 0.25) is 0 Å². The third-order valence-corrected chi connectivity index (χ3v) is 3.36. The zero-order valence-corrected chi connectivity index (χ0v) is 12.0. The fourth-order valence-corrected chi connectivity index (χ4v) is 2.31. The van der Waals surface area contributed by atoms with Gasteiger partial charge in [0.05, 0.1) is 0 Å². The van der Waals surface area contributed by atoms with Gasteiger partial charge in [-0.1, -0.05) is 48.5 Å². The van der Waals surface area contributed by atoms with E-state index in [9.17, 15) is 14.7 Å². The van der Waals surface area contributed by atoms with Gasteiger partial charge in [0.25, 0.3) is 5.91 Å². The monoisotopic (exact) mass is 283 g/mol. The van der Waals surface area contributed by atoms with Crippen molar-refractivity contribution in [3.63, 3.8) is 0 Å². The zero-order chi connectivity index (χ0) is 15.4. The maximum atomic E-state index is 12.4. The molecule has 0 bridgehead atoms. The summed E-state index contributed by atoms with van der Waals surface area (Å²) < 4.78 is 0. The second-order valence-corrected chi connectivity index (χ2v) is 4.92. The number of rotatable bonds is 4. The molecule has 1 amide bonds. The molecule has 0 aromatic heterocycles. The van der Waals surface area contributed by atoms with Gasteiger partial charge in [0.15, 0.2) is 6.04 Å². The van der Waals surface area contributed by atoms with Crippen molar-refractivity contribution in [1.82, 2.24) is 5.32 Å². The van der Waals surface area contributed by atoms with Gasteiger partial charge in [0, 0.05) is 5.56 Å². The van der Waals surface area contributed by atoms with E-state index < -0.39 is 12.0 Å². The molecule has 0 aliphatic heterocycles. The summed E-state index contributed by atoms with van der Waals surface area (Å²) in [5.74, 6) is -1.46. The lowest BCUT2D eigenvalue weighted by atomic mass is 10.0. The van der Waals surface area contributed by atoms with Crippen molar-refractivity contribution in [2.45, 2.75) is 19.9 Å².